The SMILES string of the molecule is COc1cc(I)nc(N/C([O-])=N/S(=O)(=O)Oc2ccccc2[N+](=O)[O-])n1.[Na+]. The minimum absolute atomic E-state index is 0. The van der Waals surface area contributed by atoms with Gasteiger partial charge in [-0.05, 0) is 28.7 Å². The first-order chi connectivity index (χ1) is 12.2. The summed E-state index contributed by atoms with van der Waals surface area (Å²) in [6.45, 7) is 0. The molecule has 0 saturated heterocycles. The summed E-state index contributed by atoms with van der Waals surface area (Å²) in [5.74, 6) is -0.691. The average Bonchev–Trinajstić information content (AvgIpc) is 2.53. The van der Waals surface area contributed by atoms with Crippen molar-refractivity contribution in [3.05, 3.63) is 44.1 Å². The maximum atomic E-state index is 11.8. The normalized spacial score (nSPS) is 11.3. The molecule has 0 unspecified atom stereocenters. The van der Waals surface area contributed by atoms with Gasteiger partial charge in [0.2, 0.25) is 17.6 Å². The van der Waals surface area contributed by atoms with Gasteiger partial charge in [0, 0.05) is 12.1 Å². The van der Waals surface area contributed by atoms with E-state index in [1.807, 2.05) is 27.9 Å². The Morgan fingerprint density at radius 2 is 2.00 bits per heavy atom. The zero-order valence-corrected chi connectivity index (χ0v) is 18.8. The van der Waals surface area contributed by atoms with Crippen LogP contribution in [0.4, 0.5) is 11.6 Å². The van der Waals surface area contributed by atoms with E-state index in [1.54, 1.807) is 0 Å². The fourth-order valence-electron chi connectivity index (χ4n) is 1.59. The zero-order valence-electron chi connectivity index (χ0n) is 13.8. The van der Waals surface area contributed by atoms with E-state index in [0.717, 1.165) is 12.1 Å². The molecule has 1 aromatic heterocycles. The smallest absolute Gasteiger partial charge is 0.845 e. The minimum atomic E-state index is -4.82. The summed E-state index contributed by atoms with van der Waals surface area (Å²) >= 11 is 1.83. The van der Waals surface area contributed by atoms with Crippen LogP contribution in [-0.4, -0.2) is 36.4 Å². The molecule has 1 heterocycles. The van der Waals surface area contributed by atoms with Crippen molar-refractivity contribution in [3.63, 3.8) is 0 Å². The Morgan fingerprint density at radius 1 is 1.33 bits per heavy atom. The largest absolute Gasteiger partial charge is 1.00 e. The number of aromatic nitrogens is 2. The number of halogens is 1. The molecule has 138 valence electrons. The molecule has 0 bridgehead atoms. The van der Waals surface area contributed by atoms with Crippen molar-refractivity contribution in [2.75, 3.05) is 12.4 Å². The molecular formula is C12H9IN5NaO7S. The van der Waals surface area contributed by atoms with Gasteiger partial charge in [-0.1, -0.05) is 12.1 Å². The van der Waals surface area contributed by atoms with Crippen LogP contribution in [0.3, 0.4) is 0 Å². The van der Waals surface area contributed by atoms with E-state index in [2.05, 4.69) is 18.5 Å². The molecule has 2 rings (SSSR count). The monoisotopic (exact) mass is 517 g/mol. The standard InChI is InChI=1S/C12H10IN5O7S.Na/c1-24-10-6-9(13)14-11(15-10)16-12(19)17-26(22,23)25-8-5-3-2-4-7(8)18(20)21;/h2-6H,1H3,(H2,14,15,16,17,19);/q;+1/p-1. The number of rotatable bonds is 6. The van der Waals surface area contributed by atoms with Crippen molar-refractivity contribution >= 4 is 50.6 Å². The number of methoxy groups -OCH3 is 1. The van der Waals surface area contributed by atoms with Gasteiger partial charge in [-0.2, -0.15) is 13.4 Å². The van der Waals surface area contributed by atoms with Gasteiger partial charge < -0.3 is 19.3 Å². The van der Waals surface area contributed by atoms with Gasteiger partial charge in [0.05, 0.1) is 18.1 Å². The maximum absolute atomic E-state index is 11.8. The molecule has 2 aromatic rings. The van der Waals surface area contributed by atoms with Gasteiger partial charge in [-0.25, -0.2) is 4.98 Å². The molecule has 0 aliphatic rings. The van der Waals surface area contributed by atoms with Gasteiger partial charge in [-0.3, -0.25) is 10.1 Å². The Balaban J connectivity index is 0.00000364. The summed E-state index contributed by atoms with van der Waals surface area (Å²) in [4.78, 5) is 17.7. The van der Waals surface area contributed by atoms with Crippen LogP contribution < -0.4 is 48.9 Å². The third-order valence-electron chi connectivity index (χ3n) is 2.55. The number of anilines is 1. The molecule has 1 N–H and O–H groups in total. The number of para-hydroxylation sites is 2. The number of ether oxygens (including phenoxy) is 1. The topological polar surface area (TPSA) is 169 Å². The van der Waals surface area contributed by atoms with Crippen LogP contribution in [0.1, 0.15) is 0 Å². The minimum Gasteiger partial charge on any atom is -0.845 e. The Hall–Kier alpha value is -1.75. The number of hydrogen-bond acceptors (Lipinski definition) is 9. The van der Waals surface area contributed by atoms with Gasteiger partial charge in [0.1, 0.15) is 3.70 Å². The molecule has 0 amide bonds. The maximum Gasteiger partial charge on any atom is 1.00 e. The fraction of sp³-hybridized carbons (Fsp3) is 0.0833. The van der Waals surface area contributed by atoms with E-state index in [9.17, 15) is 23.6 Å². The number of amidine groups is 1. The van der Waals surface area contributed by atoms with E-state index in [0.29, 0.717) is 3.70 Å². The molecule has 0 atom stereocenters. The van der Waals surface area contributed by atoms with Crippen molar-refractivity contribution < 1.29 is 56.9 Å². The van der Waals surface area contributed by atoms with E-state index in [1.165, 1.54) is 25.3 Å². The van der Waals surface area contributed by atoms with Crippen molar-refractivity contribution in [1.29, 1.82) is 0 Å². The van der Waals surface area contributed by atoms with Crippen LogP contribution in [0.15, 0.2) is 34.7 Å². The van der Waals surface area contributed by atoms with Crippen molar-refractivity contribution in [3.8, 4) is 11.6 Å². The number of benzene rings is 1. The number of nitrogens with one attached hydrogen (secondary N) is 1. The molecule has 0 fully saturated rings. The first-order valence-electron chi connectivity index (χ1n) is 6.50. The molecule has 0 saturated carbocycles. The van der Waals surface area contributed by atoms with Gasteiger partial charge >= 0.3 is 45.5 Å². The second-order valence-corrected chi connectivity index (χ2v) is 6.62. The van der Waals surface area contributed by atoms with Gasteiger partial charge in [0.15, 0.2) is 0 Å². The Kier molecular flexibility index (Phi) is 8.60. The summed E-state index contributed by atoms with van der Waals surface area (Å²) in [6, 6.07) is 4.86. The van der Waals surface area contributed by atoms with E-state index in [4.69, 9.17) is 4.74 Å². The number of hydrogen-bond donors (Lipinski definition) is 1. The zero-order chi connectivity index (χ0) is 19.3. The molecule has 15 heteroatoms. The predicted octanol–water partition coefficient (Wildman–Crippen LogP) is -2.55. The first-order valence-corrected chi connectivity index (χ1v) is 8.95. The van der Waals surface area contributed by atoms with Crippen LogP contribution in [0, 0.1) is 13.8 Å². The van der Waals surface area contributed by atoms with Crippen LogP contribution in [0.25, 0.3) is 0 Å². The number of nitro benzene ring substituents is 1. The van der Waals surface area contributed by atoms with Crippen LogP contribution in [0.2, 0.25) is 0 Å². The molecular weight excluding hydrogens is 508 g/mol. The summed E-state index contributed by atoms with van der Waals surface area (Å²) < 4.78 is 36.3. The molecule has 27 heavy (non-hydrogen) atoms. The second-order valence-electron chi connectivity index (χ2n) is 4.31. The molecule has 1 aromatic carbocycles. The third-order valence-corrected chi connectivity index (χ3v) is 3.88. The van der Waals surface area contributed by atoms with Crippen molar-refractivity contribution in [1.82, 2.24) is 9.97 Å². The summed E-state index contributed by atoms with van der Waals surface area (Å²) in [6.07, 6.45) is 0. The quantitative estimate of drug-likeness (QED) is 0.0820. The van der Waals surface area contributed by atoms with Gasteiger partial charge in [-0.15, -0.1) is 4.40 Å². The molecule has 12 nitrogen and oxygen atoms in total. The van der Waals surface area contributed by atoms with E-state index >= 15 is 0 Å². The first kappa shape index (κ1) is 23.3. The average molecular weight is 517 g/mol. The summed E-state index contributed by atoms with van der Waals surface area (Å²) in [7, 11) is -3.47. The Bertz CT molecular complexity index is 972. The van der Waals surface area contributed by atoms with Crippen LogP contribution in [-0.2, 0) is 10.3 Å². The van der Waals surface area contributed by atoms with E-state index < -0.39 is 32.7 Å². The Labute approximate surface area is 188 Å². The number of nitro groups is 1. The third kappa shape index (κ3) is 7.06. The van der Waals surface area contributed by atoms with Crippen LogP contribution >= 0.6 is 22.6 Å². The second kappa shape index (κ2) is 9.98. The summed E-state index contributed by atoms with van der Waals surface area (Å²) in [5, 5.41) is 24.6. The molecule has 0 radical (unpaired) electrons. The molecule has 0 aliphatic carbocycles. The Morgan fingerprint density at radius 3 is 2.63 bits per heavy atom. The fourth-order valence-corrected chi connectivity index (χ4v) is 2.74. The van der Waals surface area contributed by atoms with Crippen LogP contribution in [0.5, 0.6) is 11.6 Å². The number of nitrogens with zero attached hydrogens (tertiary/aromatic N) is 4. The molecule has 0 aliphatic heterocycles. The van der Waals surface area contributed by atoms with E-state index in [-0.39, 0.29) is 41.4 Å². The van der Waals surface area contributed by atoms with Crippen molar-refractivity contribution in [2.45, 2.75) is 0 Å². The summed E-state index contributed by atoms with van der Waals surface area (Å²) in [5.41, 5.74) is -0.600. The molecule has 0 spiro atoms. The van der Waals surface area contributed by atoms with Gasteiger partial charge in [0.25, 0.3) is 0 Å². The predicted molar refractivity (Wildman–Crippen MR) is 95.0 cm³/mol. The van der Waals surface area contributed by atoms with Crippen molar-refractivity contribution in [2.24, 2.45) is 4.40 Å².